The molecule has 278 valence electrons. The van der Waals surface area contributed by atoms with E-state index < -0.39 is 41.1 Å². The van der Waals surface area contributed by atoms with Crippen LogP contribution in [-0.2, 0) is 25.5 Å². The van der Waals surface area contributed by atoms with Crippen LogP contribution in [0.2, 0.25) is 0 Å². The van der Waals surface area contributed by atoms with Crippen molar-refractivity contribution in [2.75, 3.05) is 18.4 Å². The van der Waals surface area contributed by atoms with E-state index in [2.05, 4.69) is 32.8 Å². The Morgan fingerprint density at radius 2 is 1.64 bits per heavy atom. The molecule has 0 bridgehead atoms. The molecule has 1 saturated heterocycles. The molecule has 1 unspecified atom stereocenters. The van der Waals surface area contributed by atoms with Crippen molar-refractivity contribution in [2.45, 2.75) is 84.0 Å². The van der Waals surface area contributed by atoms with Gasteiger partial charge in [-0.25, -0.2) is 9.78 Å². The highest BCUT2D eigenvalue weighted by molar-refractivity contribution is 5.99. The van der Waals surface area contributed by atoms with Gasteiger partial charge in [0.25, 0.3) is 0 Å². The fraction of sp³-hybridized carbons (Fsp3) is 0.390. The number of benzene rings is 3. The SMILES string of the molecule is CC1CCN(C(=O)C(c2ccc3ccccc3c2)n2cnc(NC(=O)[C@@H](Cc3c[nH]c4ccccc34)NC(=O)C(C)(C)NC(=O)OC(C)(C)C)c2)CC1. The van der Waals surface area contributed by atoms with Crippen LogP contribution in [0.15, 0.2) is 85.5 Å². The highest BCUT2D eigenvalue weighted by Crippen LogP contribution is 2.29. The number of nitrogens with zero attached hydrogens (tertiary/aromatic N) is 3. The van der Waals surface area contributed by atoms with Crippen LogP contribution < -0.4 is 16.0 Å². The zero-order chi connectivity index (χ0) is 37.9. The Balaban J connectivity index is 1.26. The molecule has 2 aromatic heterocycles. The topological polar surface area (TPSA) is 150 Å². The molecule has 12 nitrogen and oxygen atoms in total. The van der Waals surface area contributed by atoms with Gasteiger partial charge in [0.15, 0.2) is 5.82 Å². The second kappa shape index (κ2) is 15.1. The molecule has 3 aromatic carbocycles. The van der Waals surface area contributed by atoms with Crippen molar-refractivity contribution >= 4 is 51.3 Å². The molecule has 2 atom stereocenters. The molecule has 6 rings (SSSR count). The van der Waals surface area contributed by atoms with Gasteiger partial charge in [-0.3, -0.25) is 14.4 Å². The zero-order valence-corrected chi connectivity index (χ0v) is 31.2. The van der Waals surface area contributed by atoms with Crippen LogP contribution in [0.5, 0.6) is 0 Å². The number of hydrogen-bond donors (Lipinski definition) is 4. The van der Waals surface area contributed by atoms with Crippen LogP contribution in [0, 0.1) is 5.92 Å². The van der Waals surface area contributed by atoms with Gasteiger partial charge in [-0.05, 0) is 87.4 Å². The van der Waals surface area contributed by atoms with Crippen molar-refractivity contribution in [3.05, 3.63) is 96.6 Å². The highest BCUT2D eigenvalue weighted by atomic mass is 16.6. The lowest BCUT2D eigenvalue weighted by molar-refractivity contribution is -0.135. The smallest absolute Gasteiger partial charge is 0.408 e. The number of likely N-dealkylation sites (tertiary alicyclic amines) is 1. The molecule has 0 aliphatic carbocycles. The number of ether oxygens (including phenoxy) is 1. The molecule has 1 aliphatic rings. The van der Waals surface area contributed by atoms with E-state index >= 15 is 0 Å². The van der Waals surface area contributed by atoms with E-state index in [1.807, 2.05) is 77.8 Å². The number of hydrogen-bond acceptors (Lipinski definition) is 6. The second-order valence-corrected chi connectivity index (χ2v) is 15.6. The zero-order valence-electron chi connectivity index (χ0n) is 31.2. The maximum atomic E-state index is 14.2. The summed E-state index contributed by atoms with van der Waals surface area (Å²) in [6.07, 6.45) is 6.30. The van der Waals surface area contributed by atoms with Crippen molar-refractivity contribution < 1.29 is 23.9 Å². The van der Waals surface area contributed by atoms with Gasteiger partial charge < -0.3 is 35.1 Å². The first kappa shape index (κ1) is 37.1. The molecular weight excluding hydrogens is 670 g/mol. The number of carbonyl (C=O) groups is 4. The summed E-state index contributed by atoms with van der Waals surface area (Å²) in [6.45, 7) is 11.8. The Morgan fingerprint density at radius 3 is 2.38 bits per heavy atom. The summed E-state index contributed by atoms with van der Waals surface area (Å²) in [4.78, 5) is 64.2. The summed E-state index contributed by atoms with van der Waals surface area (Å²) in [5, 5.41) is 11.4. The number of anilines is 1. The Kier molecular flexibility index (Phi) is 10.6. The predicted octanol–water partition coefficient (Wildman–Crippen LogP) is 6.33. The van der Waals surface area contributed by atoms with Crippen molar-refractivity contribution in [3.8, 4) is 0 Å². The Labute approximate surface area is 309 Å². The molecule has 4 N–H and O–H groups in total. The minimum Gasteiger partial charge on any atom is -0.444 e. The summed E-state index contributed by atoms with van der Waals surface area (Å²) < 4.78 is 7.11. The molecule has 0 radical (unpaired) electrons. The number of amides is 4. The standard InChI is InChI=1S/C41H49N7O5/c1-26-17-19-47(20-18-26)37(50)35(29-16-15-27-11-7-8-12-28(27)21-29)48-24-34(43-25-48)45-36(49)33(22-30-23-42-32-14-10-9-13-31(30)32)44-38(51)41(5,6)46-39(52)53-40(2,3)4/h7-16,21,23-26,33,35,42H,17-20,22H2,1-6H3,(H,44,51)(H,45,49)(H,46,52)/t33-,35?/m1/s1. The number of aromatic amines is 1. The third kappa shape index (κ3) is 8.88. The van der Waals surface area contributed by atoms with Crippen LogP contribution in [0.25, 0.3) is 21.7 Å². The molecule has 5 aromatic rings. The number of para-hydroxylation sites is 1. The Bertz CT molecular complexity index is 2120. The third-order valence-corrected chi connectivity index (χ3v) is 9.67. The van der Waals surface area contributed by atoms with E-state index in [1.54, 1.807) is 51.7 Å². The first-order chi connectivity index (χ1) is 25.2. The van der Waals surface area contributed by atoms with Gasteiger partial charge in [-0.15, -0.1) is 0 Å². The summed E-state index contributed by atoms with van der Waals surface area (Å²) in [5.74, 6) is -0.339. The normalized spacial score (nSPS) is 15.2. The third-order valence-electron chi connectivity index (χ3n) is 9.67. The van der Waals surface area contributed by atoms with Crippen molar-refractivity contribution in [2.24, 2.45) is 5.92 Å². The minimum absolute atomic E-state index is 0.0355. The van der Waals surface area contributed by atoms with E-state index in [1.165, 1.54) is 0 Å². The molecule has 3 heterocycles. The molecule has 12 heteroatoms. The fourth-order valence-electron chi connectivity index (χ4n) is 6.66. The van der Waals surface area contributed by atoms with E-state index in [-0.39, 0.29) is 18.1 Å². The minimum atomic E-state index is -1.41. The van der Waals surface area contributed by atoms with Gasteiger partial charge in [0.2, 0.25) is 17.7 Å². The van der Waals surface area contributed by atoms with E-state index in [9.17, 15) is 19.2 Å². The average molecular weight is 720 g/mol. The van der Waals surface area contributed by atoms with Crippen LogP contribution in [0.4, 0.5) is 10.6 Å². The first-order valence-electron chi connectivity index (χ1n) is 18.2. The number of piperidine rings is 1. The number of aromatic nitrogens is 3. The first-order valence-corrected chi connectivity index (χ1v) is 18.2. The molecule has 1 aliphatic heterocycles. The number of imidazole rings is 1. The van der Waals surface area contributed by atoms with Crippen molar-refractivity contribution in [1.29, 1.82) is 0 Å². The number of nitrogens with one attached hydrogen (secondary N) is 4. The van der Waals surface area contributed by atoms with Gasteiger partial charge in [0.05, 0.1) is 6.33 Å². The lowest BCUT2D eigenvalue weighted by atomic mass is 9.96. The quantitative estimate of drug-likeness (QED) is 0.132. The number of H-pyrrole nitrogens is 1. The van der Waals surface area contributed by atoms with Crippen molar-refractivity contribution in [1.82, 2.24) is 30.1 Å². The molecule has 0 spiro atoms. The van der Waals surface area contributed by atoms with Gasteiger partial charge >= 0.3 is 6.09 Å². The highest BCUT2D eigenvalue weighted by Gasteiger charge is 2.35. The average Bonchev–Trinajstić information content (AvgIpc) is 3.74. The lowest BCUT2D eigenvalue weighted by Crippen LogP contribution is -2.59. The monoisotopic (exact) mass is 719 g/mol. The van der Waals surface area contributed by atoms with Gasteiger partial charge in [0, 0.05) is 42.8 Å². The lowest BCUT2D eigenvalue weighted by Gasteiger charge is -2.33. The second-order valence-electron chi connectivity index (χ2n) is 15.6. The van der Waals surface area contributed by atoms with Gasteiger partial charge in [0.1, 0.15) is 23.2 Å². The van der Waals surface area contributed by atoms with Gasteiger partial charge in [-0.1, -0.05) is 61.5 Å². The van der Waals surface area contributed by atoms with E-state index in [4.69, 9.17) is 4.74 Å². The Hall–Kier alpha value is -5.65. The van der Waals surface area contributed by atoms with Crippen molar-refractivity contribution in [3.63, 3.8) is 0 Å². The van der Waals surface area contributed by atoms with Crippen LogP contribution in [0.1, 0.15) is 71.6 Å². The number of carbonyl (C=O) groups excluding carboxylic acids is 4. The number of fused-ring (bicyclic) bond motifs is 2. The molecule has 0 saturated carbocycles. The summed E-state index contributed by atoms with van der Waals surface area (Å²) >= 11 is 0. The molecule has 1 fully saturated rings. The van der Waals surface area contributed by atoms with Crippen LogP contribution in [0.3, 0.4) is 0 Å². The maximum absolute atomic E-state index is 14.2. The molecule has 53 heavy (non-hydrogen) atoms. The summed E-state index contributed by atoms with van der Waals surface area (Å²) in [7, 11) is 0. The molecule has 4 amide bonds. The van der Waals surface area contributed by atoms with Crippen LogP contribution >= 0.6 is 0 Å². The fourth-order valence-corrected chi connectivity index (χ4v) is 6.66. The summed E-state index contributed by atoms with van der Waals surface area (Å²) in [6, 6.07) is 20.0. The predicted molar refractivity (Wildman–Crippen MR) is 205 cm³/mol. The van der Waals surface area contributed by atoms with E-state index in [0.717, 1.165) is 45.6 Å². The van der Waals surface area contributed by atoms with Crippen LogP contribution in [-0.4, -0.2) is 73.5 Å². The summed E-state index contributed by atoms with van der Waals surface area (Å²) in [5.41, 5.74) is 0.352. The Morgan fingerprint density at radius 1 is 0.943 bits per heavy atom. The number of rotatable bonds is 10. The largest absolute Gasteiger partial charge is 0.444 e. The van der Waals surface area contributed by atoms with E-state index in [0.29, 0.717) is 19.0 Å². The van der Waals surface area contributed by atoms with Gasteiger partial charge in [-0.2, -0.15) is 0 Å². The number of alkyl carbamates (subject to hydrolysis) is 1. The maximum Gasteiger partial charge on any atom is 0.408 e. The molecular formula is C41H49N7O5.